The van der Waals surface area contributed by atoms with E-state index in [1.807, 2.05) is 35.2 Å². The summed E-state index contributed by atoms with van der Waals surface area (Å²) in [5.74, 6) is 0.499. The van der Waals surface area contributed by atoms with E-state index in [9.17, 15) is 14.4 Å². The third-order valence-corrected chi connectivity index (χ3v) is 6.64. The summed E-state index contributed by atoms with van der Waals surface area (Å²) >= 11 is 0. The zero-order valence-electron chi connectivity index (χ0n) is 20.5. The average Bonchev–Trinajstić information content (AvgIpc) is 3.39. The minimum absolute atomic E-state index is 0.0938. The molecule has 3 amide bonds. The van der Waals surface area contributed by atoms with Gasteiger partial charge in [-0.15, -0.1) is 0 Å². The number of benzene rings is 2. The molecule has 0 bridgehead atoms. The average molecular weight is 496 g/mol. The smallest absolute Gasteiger partial charge is 0.252 e. The Morgan fingerprint density at radius 2 is 1.81 bits per heavy atom. The molecule has 0 aromatic heterocycles. The van der Waals surface area contributed by atoms with Crippen LogP contribution in [0, 0.1) is 5.92 Å². The quantitative estimate of drug-likeness (QED) is 0.490. The van der Waals surface area contributed by atoms with Gasteiger partial charge < -0.3 is 29.7 Å². The Balaban J connectivity index is 1.36. The zero-order valence-corrected chi connectivity index (χ0v) is 20.5. The summed E-state index contributed by atoms with van der Waals surface area (Å²) in [4.78, 5) is 40.7. The van der Waals surface area contributed by atoms with Crippen molar-refractivity contribution in [2.24, 2.45) is 5.92 Å². The van der Waals surface area contributed by atoms with E-state index in [1.165, 1.54) is 0 Å². The number of ether oxygens (including phenoxy) is 3. The van der Waals surface area contributed by atoms with Crippen molar-refractivity contribution in [1.29, 1.82) is 0 Å². The summed E-state index contributed by atoms with van der Waals surface area (Å²) in [6.07, 6.45) is 2.41. The van der Waals surface area contributed by atoms with Gasteiger partial charge in [-0.05, 0) is 48.9 Å². The maximum Gasteiger partial charge on any atom is 0.252 e. The predicted octanol–water partition coefficient (Wildman–Crippen LogP) is 2.15. The maximum absolute atomic E-state index is 13.0. The molecule has 2 aromatic carbocycles. The first-order valence-electron chi connectivity index (χ1n) is 12.3. The lowest BCUT2D eigenvalue weighted by molar-refractivity contribution is -0.133. The predicted molar refractivity (Wildman–Crippen MR) is 133 cm³/mol. The Kier molecular flexibility index (Phi) is 8.78. The van der Waals surface area contributed by atoms with Crippen molar-refractivity contribution in [2.45, 2.75) is 31.7 Å². The molecule has 0 unspecified atom stereocenters. The number of hydrogen-bond acceptors (Lipinski definition) is 6. The number of likely N-dealkylation sites (tertiary alicyclic amines) is 1. The molecule has 2 aliphatic heterocycles. The number of piperidine rings is 1. The summed E-state index contributed by atoms with van der Waals surface area (Å²) < 4.78 is 15.7. The molecule has 4 rings (SSSR count). The Morgan fingerprint density at radius 3 is 2.56 bits per heavy atom. The molecular formula is C27H33N3O6. The summed E-state index contributed by atoms with van der Waals surface area (Å²) in [6, 6.07) is 14.2. The van der Waals surface area contributed by atoms with E-state index >= 15 is 0 Å². The number of hydrogen-bond donors (Lipinski definition) is 2. The molecule has 1 saturated heterocycles. The number of fused-ring (bicyclic) bond motifs is 1. The van der Waals surface area contributed by atoms with Crippen LogP contribution in [-0.2, 0) is 20.7 Å². The van der Waals surface area contributed by atoms with Gasteiger partial charge in [0.2, 0.25) is 18.6 Å². The number of nitrogens with zero attached hydrogens (tertiary/aromatic N) is 1. The fourth-order valence-electron chi connectivity index (χ4n) is 4.58. The van der Waals surface area contributed by atoms with Crippen LogP contribution in [0.2, 0.25) is 0 Å². The number of methoxy groups -OCH3 is 1. The van der Waals surface area contributed by atoms with Crippen LogP contribution in [-0.4, -0.2) is 68.8 Å². The summed E-state index contributed by atoms with van der Waals surface area (Å²) in [7, 11) is 1.57. The van der Waals surface area contributed by atoms with Gasteiger partial charge in [0.05, 0.1) is 6.61 Å². The number of carbonyl (C=O) groups is 3. The normalized spacial score (nSPS) is 15.9. The van der Waals surface area contributed by atoms with Crippen molar-refractivity contribution < 1.29 is 28.6 Å². The van der Waals surface area contributed by atoms with Gasteiger partial charge in [0.25, 0.3) is 5.91 Å². The third kappa shape index (κ3) is 6.54. The summed E-state index contributed by atoms with van der Waals surface area (Å²) in [5.41, 5.74) is 1.53. The third-order valence-electron chi connectivity index (χ3n) is 6.64. The Bertz CT molecular complexity index is 1050. The molecule has 1 fully saturated rings. The fraction of sp³-hybridized carbons (Fsp3) is 0.444. The molecule has 9 heteroatoms. The highest BCUT2D eigenvalue weighted by Gasteiger charge is 2.34. The summed E-state index contributed by atoms with van der Waals surface area (Å²) in [6.45, 7) is 1.96. The van der Waals surface area contributed by atoms with Crippen molar-refractivity contribution in [1.82, 2.24) is 15.5 Å². The number of aryl methyl sites for hydroxylation is 1. The Morgan fingerprint density at radius 1 is 1.06 bits per heavy atom. The molecule has 0 radical (unpaired) electrons. The van der Waals surface area contributed by atoms with E-state index in [1.54, 1.807) is 25.3 Å². The van der Waals surface area contributed by atoms with Crippen LogP contribution in [0.4, 0.5) is 0 Å². The van der Waals surface area contributed by atoms with Gasteiger partial charge in [-0.25, -0.2) is 0 Å². The first-order valence-corrected chi connectivity index (χ1v) is 12.3. The zero-order chi connectivity index (χ0) is 25.3. The van der Waals surface area contributed by atoms with Crippen LogP contribution in [0.15, 0.2) is 48.5 Å². The van der Waals surface area contributed by atoms with Gasteiger partial charge in [-0.1, -0.05) is 30.3 Å². The van der Waals surface area contributed by atoms with Crippen LogP contribution in [0.1, 0.15) is 35.2 Å². The largest absolute Gasteiger partial charge is 0.454 e. The first kappa shape index (κ1) is 25.5. The van der Waals surface area contributed by atoms with E-state index < -0.39 is 6.04 Å². The van der Waals surface area contributed by atoms with E-state index in [2.05, 4.69) is 10.6 Å². The fourth-order valence-corrected chi connectivity index (χ4v) is 4.58. The monoisotopic (exact) mass is 495 g/mol. The van der Waals surface area contributed by atoms with Crippen molar-refractivity contribution in [3.8, 4) is 11.5 Å². The van der Waals surface area contributed by atoms with Gasteiger partial charge in [0, 0.05) is 38.7 Å². The molecule has 2 aromatic rings. The highest BCUT2D eigenvalue weighted by atomic mass is 16.7. The lowest BCUT2D eigenvalue weighted by Crippen LogP contribution is -2.54. The Hall–Kier alpha value is -3.59. The lowest BCUT2D eigenvalue weighted by atomic mass is 9.88. The van der Waals surface area contributed by atoms with Gasteiger partial charge in [-0.2, -0.15) is 0 Å². The second-order valence-electron chi connectivity index (χ2n) is 9.01. The minimum atomic E-state index is -0.721. The maximum atomic E-state index is 13.0. The SMILES string of the molecule is COCCNC(=O)[C@H](NC(=O)c1ccc2c(c1)OCO2)C1CCN(C(=O)CCc2ccccc2)CC1. The molecule has 2 aliphatic rings. The van der Waals surface area contributed by atoms with Crippen molar-refractivity contribution in [3.05, 3.63) is 59.7 Å². The van der Waals surface area contributed by atoms with Crippen LogP contribution in [0.25, 0.3) is 0 Å². The van der Waals surface area contributed by atoms with Gasteiger partial charge in [0.15, 0.2) is 11.5 Å². The minimum Gasteiger partial charge on any atom is -0.454 e. The standard InChI is InChI=1S/C27H33N3O6/c1-34-16-13-28-27(33)25(29-26(32)21-8-9-22-23(17-21)36-18-35-22)20-11-14-30(15-12-20)24(31)10-7-19-5-3-2-4-6-19/h2-6,8-9,17,20,25H,7,10-16,18H2,1H3,(H,28,33)(H,29,32)/t25-/m1/s1. The van der Waals surface area contributed by atoms with Gasteiger partial charge in [0.1, 0.15) is 6.04 Å². The number of amides is 3. The molecule has 9 nitrogen and oxygen atoms in total. The van der Waals surface area contributed by atoms with Gasteiger partial charge in [-0.3, -0.25) is 14.4 Å². The Labute approximate surface area is 211 Å². The van der Waals surface area contributed by atoms with Crippen molar-refractivity contribution in [3.63, 3.8) is 0 Å². The van der Waals surface area contributed by atoms with Crippen molar-refractivity contribution >= 4 is 17.7 Å². The highest BCUT2D eigenvalue weighted by molar-refractivity contribution is 5.98. The number of rotatable bonds is 10. The van der Waals surface area contributed by atoms with Crippen molar-refractivity contribution in [2.75, 3.05) is 40.1 Å². The van der Waals surface area contributed by atoms with E-state index in [0.717, 1.165) is 5.56 Å². The number of carbonyl (C=O) groups excluding carboxylic acids is 3. The molecule has 0 spiro atoms. The lowest BCUT2D eigenvalue weighted by Gasteiger charge is -2.36. The molecule has 192 valence electrons. The molecule has 0 aliphatic carbocycles. The van der Waals surface area contributed by atoms with Crippen LogP contribution in [0.3, 0.4) is 0 Å². The molecule has 0 saturated carbocycles. The molecular weight excluding hydrogens is 462 g/mol. The molecule has 1 atom stereocenters. The van der Waals surface area contributed by atoms with Gasteiger partial charge >= 0.3 is 0 Å². The van der Waals surface area contributed by atoms with Crippen LogP contribution in [0.5, 0.6) is 11.5 Å². The highest BCUT2D eigenvalue weighted by Crippen LogP contribution is 2.32. The second-order valence-corrected chi connectivity index (χ2v) is 9.01. The first-order chi connectivity index (χ1) is 17.5. The van der Waals surface area contributed by atoms with E-state index in [-0.39, 0.29) is 30.4 Å². The number of nitrogens with one attached hydrogen (secondary N) is 2. The van der Waals surface area contributed by atoms with E-state index in [4.69, 9.17) is 14.2 Å². The second kappa shape index (κ2) is 12.4. The van der Waals surface area contributed by atoms with Crippen LogP contribution >= 0.6 is 0 Å². The molecule has 2 N–H and O–H groups in total. The van der Waals surface area contributed by atoms with Crippen LogP contribution < -0.4 is 20.1 Å². The topological polar surface area (TPSA) is 106 Å². The molecule has 36 heavy (non-hydrogen) atoms. The molecule has 2 heterocycles. The summed E-state index contributed by atoms with van der Waals surface area (Å²) in [5, 5.41) is 5.77. The van der Waals surface area contributed by atoms with E-state index in [0.29, 0.717) is 69.0 Å².